The lowest BCUT2D eigenvalue weighted by Crippen LogP contribution is -1.85. The van der Waals surface area contributed by atoms with Crippen LogP contribution in [-0.4, -0.2) is 0 Å². The Kier molecular flexibility index (Phi) is 6.14. The van der Waals surface area contributed by atoms with Crippen LogP contribution in [-0.2, 0) is 6.42 Å². The molecular weight excluding hydrogens is 168 g/mol. The molecule has 1 aromatic rings. The van der Waals surface area contributed by atoms with Crippen LogP contribution in [0.2, 0.25) is 0 Å². The summed E-state index contributed by atoms with van der Waals surface area (Å²) in [6.45, 7) is 2.26. The van der Waals surface area contributed by atoms with Gasteiger partial charge in [-0.15, -0.1) is 0 Å². The first-order valence-electron chi connectivity index (χ1n) is 5.80. The molecule has 0 aliphatic rings. The second-order valence-electron chi connectivity index (χ2n) is 3.84. The number of hydrogen-bond donors (Lipinski definition) is 0. The Balaban J connectivity index is 1.99. The minimum absolute atomic E-state index is 1.17. The van der Waals surface area contributed by atoms with E-state index in [1.807, 2.05) is 12.1 Å². The fourth-order valence-electron chi connectivity index (χ4n) is 1.63. The van der Waals surface area contributed by atoms with Crippen molar-refractivity contribution in [3.8, 4) is 0 Å². The molecule has 0 heterocycles. The van der Waals surface area contributed by atoms with Crippen molar-refractivity contribution in [2.24, 2.45) is 0 Å². The molecule has 0 N–H and O–H groups in total. The molecule has 0 saturated carbocycles. The Morgan fingerprint density at radius 3 is 2.57 bits per heavy atom. The van der Waals surface area contributed by atoms with E-state index in [4.69, 9.17) is 0 Å². The SMILES string of the molecule is CCCCCCCCc1[c][c]ccc1. The van der Waals surface area contributed by atoms with Crippen LogP contribution in [0, 0.1) is 12.1 Å². The first kappa shape index (κ1) is 11.3. The summed E-state index contributed by atoms with van der Waals surface area (Å²) in [7, 11) is 0. The normalized spacial score (nSPS) is 10.4. The number of unbranched alkanes of at least 4 members (excludes halogenated alkanes) is 5. The van der Waals surface area contributed by atoms with Crippen LogP contribution in [0.1, 0.15) is 51.0 Å². The summed E-state index contributed by atoms with van der Waals surface area (Å²) in [6, 6.07) is 12.2. The summed E-state index contributed by atoms with van der Waals surface area (Å²) in [5, 5.41) is 0. The minimum atomic E-state index is 1.17. The van der Waals surface area contributed by atoms with E-state index in [1.54, 1.807) is 0 Å². The summed E-state index contributed by atoms with van der Waals surface area (Å²) in [5.74, 6) is 0. The molecule has 1 aromatic carbocycles. The zero-order valence-electron chi connectivity index (χ0n) is 9.18. The van der Waals surface area contributed by atoms with E-state index < -0.39 is 0 Å². The zero-order valence-corrected chi connectivity index (χ0v) is 9.18. The predicted octanol–water partition coefficient (Wildman–Crippen LogP) is 4.19. The minimum Gasteiger partial charge on any atom is -0.0654 e. The number of benzene rings is 1. The largest absolute Gasteiger partial charge is 0.0654 e. The molecule has 0 unspecified atom stereocenters. The summed E-state index contributed by atoms with van der Waals surface area (Å²) in [5.41, 5.74) is 1.31. The van der Waals surface area contributed by atoms with Gasteiger partial charge >= 0.3 is 0 Å². The topological polar surface area (TPSA) is 0 Å². The van der Waals surface area contributed by atoms with Crippen molar-refractivity contribution < 1.29 is 0 Å². The van der Waals surface area contributed by atoms with Crippen molar-refractivity contribution in [3.05, 3.63) is 35.9 Å². The lowest BCUT2D eigenvalue weighted by molar-refractivity contribution is 0.607. The van der Waals surface area contributed by atoms with Gasteiger partial charge in [-0.2, -0.15) is 0 Å². The van der Waals surface area contributed by atoms with Gasteiger partial charge in [0.15, 0.2) is 0 Å². The molecule has 0 amide bonds. The van der Waals surface area contributed by atoms with Gasteiger partial charge in [-0.25, -0.2) is 0 Å². The summed E-state index contributed by atoms with van der Waals surface area (Å²) in [6.07, 6.45) is 9.36. The molecule has 0 aliphatic carbocycles. The van der Waals surface area contributed by atoms with Crippen LogP contribution in [0.15, 0.2) is 18.2 Å². The van der Waals surface area contributed by atoms with Crippen molar-refractivity contribution in [2.75, 3.05) is 0 Å². The Morgan fingerprint density at radius 2 is 1.86 bits per heavy atom. The van der Waals surface area contributed by atoms with Gasteiger partial charge in [0, 0.05) is 0 Å². The van der Waals surface area contributed by atoms with Gasteiger partial charge < -0.3 is 0 Å². The van der Waals surface area contributed by atoms with E-state index in [-0.39, 0.29) is 0 Å². The van der Waals surface area contributed by atoms with Gasteiger partial charge in [0.2, 0.25) is 0 Å². The summed E-state index contributed by atoms with van der Waals surface area (Å²) >= 11 is 0. The number of rotatable bonds is 7. The third-order valence-corrected chi connectivity index (χ3v) is 2.51. The van der Waals surface area contributed by atoms with Gasteiger partial charge in [0.1, 0.15) is 0 Å². The molecule has 76 valence electrons. The fraction of sp³-hybridized carbons (Fsp3) is 0.571. The van der Waals surface area contributed by atoms with Crippen LogP contribution in [0.3, 0.4) is 0 Å². The van der Waals surface area contributed by atoms with Gasteiger partial charge in [-0.3, -0.25) is 0 Å². The zero-order chi connectivity index (χ0) is 10.1. The highest BCUT2D eigenvalue weighted by Crippen LogP contribution is 2.08. The van der Waals surface area contributed by atoms with Crippen molar-refractivity contribution in [3.63, 3.8) is 0 Å². The van der Waals surface area contributed by atoms with E-state index in [1.165, 1.54) is 50.5 Å². The van der Waals surface area contributed by atoms with Crippen LogP contribution >= 0.6 is 0 Å². The second-order valence-corrected chi connectivity index (χ2v) is 3.84. The highest BCUT2D eigenvalue weighted by atomic mass is 14.0. The van der Waals surface area contributed by atoms with Crippen molar-refractivity contribution >= 4 is 0 Å². The average Bonchev–Trinajstić information content (AvgIpc) is 2.25. The van der Waals surface area contributed by atoms with E-state index in [0.29, 0.717) is 0 Å². The first-order valence-corrected chi connectivity index (χ1v) is 5.80. The Morgan fingerprint density at radius 1 is 1.07 bits per heavy atom. The molecule has 2 radical (unpaired) electrons. The summed E-state index contributed by atoms with van der Waals surface area (Å²) in [4.78, 5) is 0. The maximum atomic E-state index is 3.15. The van der Waals surface area contributed by atoms with E-state index in [0.717, 1.165) is 0 Å². The molecule has 0 saturated heterocycles. The summed E-state index contributed by atoms with van der Waals surface area (Å²) < 4.78 is 0. The fourth-order valence-corrected chi connectivity index (χ4v) is 1.63. The molecule has 0 heteroatoms. The Bertz CT molecular complexity index is 213. The smallest absolute Gasteiger partial charge is 0.00641 e. The molecule has 0 fully saturated rings. The highest BCUT2D eigenvalue weighted by Gasteiger charge is 1.92. The van der Waals surface area contributed by atoms with Gasteiger partial charge in [-0.05, 0) is 30.5 Å². The van der Waals surface area contributed by atoms with Crippen LogP contribution in [0.5, 0.6) is 0 Å². The van der Waals surface area contributed by atoms with Gasteiger partial charge in [0.05, 0.1) is 0 Å². The highest BCUT2D eigenvalue weighted by molar-refractivity contribution is 5.11. The molecule has 0 spiro atoms. The maximum absolute atomic E-state index is 3.15. The van der Waals surface area contributed by atoms with Crippen molar-refractivity contribution in [1.29, 1.82) is 0 Å². The molecule has 0 atom stereocenters. The maximum Gasteiger partial charge on any atom is -0.00641 e. The first-order chi connectivity index (χ1) is 6.93. The number of hydrogen-bond acceptors (Lipinski definition) is 0. The standard InChI is InChI=1S/C14H20/c1-2-3-4-5-6-8-11-14-12-9-7-10-13-14/h7,9,12H,2-6,8,11H2,1H3. The molecule has 1 rings (SSSR count). The lowest BCUT2D eigenvalue weighted by Gasteiger charge is -2.00. The lowest BCUT2D eigenvalue weighted by atomic mass is 10.1. The van der Waals surface area contributed by atoms with Crippen LogP contribution < -0.4 is 0 Å². The molecule has 14 heavy (non-hydrogen) atoms. The monoisotopic (exact) mass is 188 g/mol. The molecule has 0 bridgehead atoms. The van der Waals surface area contributed by atoms with Gasteiger partial charge in [0.25, 0.3) is 0 Å². The van der Waals surface area contributed by atoms with Crippen LogP contribution in [0.4, 0.5) is 0 Å². The molecule has 0 aromatic heterocycles. The van der Waals surface area contributed by atoms with E-state index >= 15 is 0 Å². The van der Waals surface area contributed by atoms with E-state index in [2.05, 4.69) is 25.1 Å². The van der Waals surface area contributed by atoms with Crippen molar-refractivity contribution in [1.82, 2.24) is 0 Å². The molecule has 0 aliphatic heterocycles. The Labute approximate surface area is 88.4 Å². The number of aryl methyl sites for hydroxylation is 1. The van der Waals surface area contributed by atoms with Crippen molar-refractivity contribution in [2.45, 2.75) is 51.9 Å². The third kappa shape index (κ3) is 5.06. The van der Waals surface area contributed by atoms with E-state index in [9.17, 15) is 0 Å². The Hall–Kier alpha value is -0.780. The third-order valence-electron chi connectivity index (χ3n) is 2.51. The van der Waals surface area contributed by atoms with Crippen LogP contribution in [0.25, 0.3) is 0 Å². The average molecular weight is 188 g/mol. The second kappa shape index (κ2) is 7.61. The molecule has 0 nitrogen and oxygen atoms in total. The van der Waals surface area contributed by atoms with Gasteiger partial charge in [-0.1, -0.05) is 57.2 Å². The quantitative estimate of drug-likeness (QED) is 0.563. The molecular formula is C14H20. The predicted molar refractivity (Wildman–Crippen MR) is 61.2 cm³/mol.